The highest BCUT2D eigenvalue weighted by Gasteiger charge is 2.06. The molecule has 0 aliphatic carbocycles. The number of aromatic nitrogens is 4. The molecule has 25 heavy (non-hydrogen) atoms. The van der Waals surface area contributed by atoms with Crippen LogP contribution >= 0.6 is 0 Å². The minimum atomic E-state index is 0.460. The monoisotopic (exact) mass is 335 g/mol. The third-order valence-electron chi connectivity index (χ3n) is 3.87. The zero-order chi connectivity index (χ0) is 17.5. The fourth-order valence-electron chi connectivity index (χ4n) is 2.52. The van der Waals surface area contributed by atoms with Gasteiger partial charge in [-0.05, 0) is 54.1 Å². The molecule has 7 heteroatoms. The molecule has 3 aromatic rings. The lowest BCUT2D eigenvalue weighted by molar-refractivity contribution is 0.790. The van der Waals surface area contributed by atoms with Crippen LogP contribution in [0.3, 0.4) is 0 Å². The van der Waals surface area contributed by atoms with E-state index < -0.39 is 0 Å². The zero-order valence-electron chi connectivity index (χ0n) is 14.4. The highest BCUT2D eigenvalue weighted by Crippen LogP contribution is 2.14. The summed E-state index contributed by atoms with van der Waals surface area (Å²) in [6, 6.07) is 17.9. The van der Waals surface area contributed by atoms with Crippen molar-refractivity contribution in [1.82, 2.24) is 20.2 Å². The van der Waals surface area contributed by atoms with E-state index in [1.165, 1.54) is 5.69 Å². The molecule has 0 aliphatic rings. The van der Waals surface area contributed by atoms with Crippen LogP contribution in [0.5, 0.6) is 0 Å². The quantitative estimate of drug-likeness (QED) is 0.531. The van der Waals surface area contributed by atoms with E-state index in [1.54, 1.807) is 10.9 Å². The standard InChI is InChI=1S/C18H21N7/c1-3-24(4-2)16-12-10-15(11-13-16)14-19-20-18-21-22-23-25(18)17-8-6-5-7-9-17/h5-14H,3-4H2,1-2H3,(H,20,21,23)/b19-14+. The summed E-state index contributed by atoms with van der Waals surface area (Å²) < 4.78 is 1.60. The lowest BCUT2D eigenvalue weighted by atomic mass is 10.2. The molecule has 1 heterocycles. The molecule has 0 bridgehead atoms. The van der Waals surface area contributed by atoms with Crippen LogP contribution in [0.2, 0.25) is 0 Å². The highest BCUT2D eigenvalue weighted by atomic mass is 15.6. The molecule has 7 nitrogen and oxygen atoms in total. The van der Waals surface area contributed by atoms with Crippen molar-refractivity contribution in [2.45, 2.75) is 13.8 Å². The van der Waals surface area contributed by atoms with Crippen LogP contribution in [0.15, 0.2) is 59.7 Å². The topological polar surface area (TPSA) is 71.2 Å². The van der Waals surface area contributed by atoms with Crippen molar-refractivity contribution < 1.29 is 0 Å². The maximum atomic E-state index is 4.23. The summed E-state index contributed by atoms with van der Waals surface area (Å²) in [6.45, 7) is 6.29. The predicted molar refractivity (Wildman–Crippen MR) is 100 cm³/mol. The molecular weight excluding hydrogens is 314 g/mol. The largest absolute Gasteiger partial charge is 0.372 e. The zero-order valence-corrected chi connectivity index (χ0v) is 14.4. The van der Waals surface area contributed by atoms with E-state index >= 15 is 0 Å². The molecule has 3 rings (SSSR count). The second-order valence-corrected chi connectivity index (χ2v) is 5.38. The number of para-hydroxylation sites is 1. The molecule has 0 atom stereocenters. The number of hydrazone groups is 1. The van der Waals surface area contributed by atoms with Crippen LogP contribution in [0.1, 0.15) is 19.4 Å². The molecule has 0 saturated heterocycles. The molecule has 2 aromatic carbocycles. The van der Waals surface area contributed by atoms with Crippen LogP contribution in [0.25, 0.3) is 5.69 Å². The SMILES string of the molecule is CCN(CC)c1ccc(/C=N/Nc2nnnn2-c2ccccc2)cc1. The number of tetrazole rings is 1. The number of anilines is 2. The normalized spacial score (nSPS) is 11.0. The van der Waals surface area contributed by atoms with Gasteiger partial charge in [0.1, 0.15) is 0 Å². The van der Waals surface area contributed by atoms with Crippen LogP contribution in [-0.4, -0.2) is 39.5 Å². The third kappa shape index (κ3) is 4.00. The molecular formula is C18H21N7. The van der Waals surface area contributed by atoms with Gasteiger partial charge in [-0.15, -0.1) is 0 Å². The lowest BCUT2D eigenvalue weighted by Gasteiger charge is -2.20. The van der Waals surface area contributed by atoms with Gasteiger partial charge < -0.3 is 4.90 Å². The third-order valence-corrected chi connectivity index (χ3v) is 3.87. The fourth-order valence-corrected chi connectivity index (χ4v) is 2.52. The number of hydrogen-bond acceptors (Lipinski definition) is 6. The smallest absolute Gasteiger partial charge is 0.268 e. The van der Waals surface area contributed by atoms with E-state index in [0.717, 1.165) is 24.3 Å². The average molecular weight is 335 g/mol. The predicted octanol–water partition coefficient (Wildman–Crippen LogP) is 2.95. The van der Waals surface area contributed by atoms with E-state index in [4.69, 9.17) is 0 Å². The second-order valence-electron chi connectivity index (χ2n) is 5.38. The van der Waals surface area contributed by atoms with Crippen molar-refractivity contribution in [3.63, 3.8) is 0 Å². The van der Waals surface area contributed by atoms with Gasteiger partial charge >= 0.3 is 0 Å². The summed E-state index contributed by atoms with van der Waals surface area (Å²) in [5, 5.41) is 15.9. The number of nitrogens with one attached hydrogen (secondary N) is 1. The van der Waals surface area contributed by atoms with Gasteiger partial charge in [0.25, 0.3) is 5.95 Å². The Bertz CT molecular complexity index is 805. The van der Waals surface area contributed by atoms with Gasteiger partial charge in [-0.25, -0.2) is 5.43 Å². The molecule has 0 fully saturated rings. The molecule has 128 valence electrons. The summed E-state index contributed by atoms with van der Waals surface area (Å²) in [7, 11) is 0. The van der Waals surface area contributed by atoms with Crippen molar-refractivity contribution in [3.8, 4) is 5.69 Å². The Balaban J connectivity index is 1.67. The number of benzene rings is 2. The Morgan fingerprint density at radius 1 is 1.04 bits per heavy atom. The first kappa shape index (κ1) is 16.6. The van der Waals surface area contributed by atoms with E-state index in [1.807, 2.05) is 42.5 Å². The molecule has 0 spiro atoms. The summed E-state index contributed by atoms with van der Waals surface area (Å²) in [5.74, 6) is 0.460. The lowest BCUT2D eigenvalue weighted by Crippen LogP contribution is -2.21. The fraction of sp³-hybridized carbons (Fsp3) is 0.222. The van der Waals surface area contributed by atoms with Gasteiger partial charge in [0.05, 0.1) is 11.9 Å². The van der Waals surface area contributed by atoms with Crippen molar-refractivity contribution in [1.29, 1.82) is 0 Å². The van der Waals surface area contributed by atoms with Crippen molar-refractivity contribution in [2.24, 2.45) is 5.10 Å². The van der Waals surface area contributed by atoms with E-state index in [-0.39, 0.29) is 0 Å². The van der Waals surface area contributed by atoms with Crippen LogP contribution < -0.4 is 10.3 Å². The van der Waals surface area contributed by atoms with Gasteiger partial charge in [0.15, 0.2) is 0 Å². The Morgan fingerprint density at radius 3 is 2.44 bits per heavy atom. The van der Waals surface area contributed by atoms with E-state index in [2.05, 4.69) is 56.9 Å². The molecule has 0 radical (unpaired) electrons. The molecule has 0 saturated carbocycles. The van der Waals surface area contributed by atoms with E-state index in [9.17, 15) is 0 Å². The van der Waals surface area contributed by atoms with E-state index in [0.29, 0.717) is 5.95 Å². The van der Waals surface area contributed by atoms with Crippen LogP contribution in [0.4, 0.5) is 11.6 Å². The Morgan fingerprint density at radius 2 is 1.76 bits per heavy atom. The summed E-state index contributed by atoms with van der Waals surface area (Å²) in [6.07, 6.45) is 1.75. The highest BCUT2D eigenvalue weighted by molar-refractivity contribution is 5.80. The van der Waals surface area contributed by atoms with Crippen LogP contribution in [0, 0.1) is 0 Å². The van der Waals surface area contributed by atoms with Gasteiger partial charge in [-0.1, -0.05) is 35.4 Å². The van der Waals surface area contributed by atoms with Crippen LogP contribution in [-0.2, 0) is 0 Å². The second kappa shape index (κ2) is 8.05. The van der Waals surface area contributed by atoms with Gasteiger partial charge in [0.2, 0.25) is 0 Å². The average Bonchev–Trinajstić information content (AvgIpc) is 3.13. The summed E-state index contributed by atoms with van der Waals surface area (Å²) in [4.78, 5) is 2.30. The van der Waals surface area contributed by atoms with Crippen molar-refractivity contribution >= 4 is 17.9 Å². The Kier molecular flexibility index (Phi) is 5.36. The minimum Gasteiger partial charge on any atom is -0.372 e. The first-order valence-corrected chi connectivity index (χ1v) is 8.29. The molecule has 0 amide bonds. The molecule has 1 aromatic heterocycles. The summed E-state index contributed by atoms with van der Waals surface area (Å²) >= 11 is 0. The maximum Gasteiger partial charge on any atom is 0.268 e. The number of rotatable bonds is 7. The molecule has 1 N–H and O–H groups in total. The van der Waals surface area contributed by atoms with Crippen molar-refractivity contribution in [2.75, 3.05) is 23.4 Å². The number of hydrogen-bond donors (Lipinski definition) is 1. The maximum absolute atomic E-state index is 4.23. The molecule has 0 aliphatic heterocycles. The first-order valence-electron chi connectivity index (χ1n) is 8.29. The Hall–Kier alpha value is -3.22. The first-order chi connectivity index (χ1) is 12.3. The van der Waals surface area contributed by atoms with Gasteiger partial charge in [-0.2, -0.15) is 9.78 Å². The summed E-state index contributed by atoms with van der Waals surface area (Å²) in [5.41, 5.74) is 5.97. The Labute approximate surface area is 147 Å². The van der Waals surface area contributed by atoms with Gasteiger partial charge in [-0.3, -0.25) is 0 Å². The molecule has 0 unspecified atom stereocenters. The minimum absolute atomic E-state index is 0.460. The van der Waals surface area contributed by atoms with Gasteiger partial charge in [0, 0.05) is 18.8 Å². The van der Waals surface area contributed by atoms with Crippen molar-refractivity contribution in [3.05, 3.63) is 60.2 Å². The number of nitrogens with zero attached hydrogens (tertiary/aromatic N) is 6.